The number of hydrogen-bond acceptors (Lipinski definition) is 5. The minimum Gasteiger partial charge on any atom is -0.337 e. The average molecular weight is 373 g/mol. The van der Waals surface area contributed by atoms with E-state index in [1.807, 2.05) is 11.8 Å². The first kappa shape index (κ1) is 18.0. The highest BCUT2D eigenvalue weighted by molar-refractivity contribution is 5.94. The Hall–Kier alpha value is -2.42. The van der Waals surface area contributed by atoms with Crippen LogP contribution in [0.15, 0.2) is 4.79 Å². The lowest BCUT2D eigenvalue weighted by Crippen LogP contribution is -2.41. The number of nitrogens with zero attached hydrogens (tertiary/aromatic N) is 6. The van der Waals surface area contributed by atoms with Crippen LogP contribution in [0, 0.1) is 0 Å². The third kappa shape index (κ3) is 3.09. The Morgan fingerprint density at radius 1 is 1.30 bits per heavy atom. The molecule has 1 fully saturated rings. The van der Waals surface area contributed by atoms with Gasteiger partial charge in [-0.05, 0) is 26.8 Å². The number of piperidine rings is 1. The molecular weight excluding hydrogens is 346 g/mol. The van der Waals surface area contributed by atoms with Crippen LogP contribution in [0.2, 0.25) is 0 Å². The van der Waals surface area contributed by atoms with Gasteiger partial charge in [0.15, 0.2) is 5.69 Å². The van der Waals surface area contributed by atoms with Gasteiger partial charge in [-0.25, -0.2) is 9.48 Å². The van der Waals surface area contributed by atoms with Gasteiger partial charge in [0, 0.05) is 63.4 Å². The number of amides is 1. The van der Waals surface area contributed by atoms with Crippen molar-refractivity contribution in [2.45, 2.75) is 45.2 Å². The Labute approximate surface area is 157 Å². The van der Waals surface area contributed by atoms with Crippen LogP contribution in [0.1, 0.15) is 53.3 Å². The molecule has 2 aliphatic heterocycles. The predicted octanol–water partition coefficient (Wildman–Crippen LogP) is 0.333. The zero-order chi connectivity index (χ0) is 19.1. The molecule has 2 aromatic heterocycles. The molecule has 1 saturated heterocycles. The summed E-state index contributed by atoms with van der Waals surface area (Å²) in [5.41, 5.74) is 2.56. The van der Waals surface area contributed by atoms with E-state index >= 15 is 0 Å². The zero-order valence-electron chi connectivity index (χ0n) is 16.2. The van der Waals surface area contributed by atoms with E-state index in [-0.39, 0.29) is 17.5 Å². The van der Waals surface area contributed by atoms with Crippen LogP contribution in [0.25, 0.3) is 0 Å². The molecule has 0 radical (unpaired) electrons. The largest absolute Gasteiger partial charge is 0.345 e. The number of aromatic nitrogens is 5. The van der Waals surface area contributed by atoms with E-state index in [9.17, 15) is 9.59 Å². The summed E-state index contributed by atoms with van der Waals surface area (Å²) in [6.45, 7) is 5.56. The Balaban J connectivity index is 1.57. The van der Waals surface area contributed by atoms with E-state index in [1.165, 1.54) is 4.68 Å². The molecule has 146 valence electrons. The van der Waals surface area contributed by atoms with Crippen LogP contribution in [0.4, 0.5) is 0 Å². The molecule has 27 heavy (non-hydrogen) atoms. The first-order valence-electron chi connectivity index (χ1n) is 9.67. The lowest BCUT2D eigenvalue weighted by molar-refractivity contribution is 0.0695. The maximum atomic E-state index is 13.2. The van der Waals surface area contributed by atoms with E-state index < -0.39 is 0 Å². The number of likely N-dealkylation sites (tertiary alicyclic amines) is 1. The normalized spacial score (nSPS) is 20.7. The topological polar surface area (TPSA) is 92.1 Å². The Kier molecular flexibility index (Phi) is 4.63. The van der Waals surface area contributed by atoms with E-state index in [0.29, 0.717) is 18.8 Å². The predicted molar refractivity (Wildman–Crippen MR) is 99.6 cm³/mol. The van der Waals surface area contributed by atoms with Crippen LogP contribution >= 0.6 is 0 Å². The highest BCUT2D eigenvalue weighted by Gasteiger charge is 2.32. The Morgan fingerprint density at radius 2 is 2.11 bits per heavy atom. The third-order valence-electron chi connectivity index (χ3n) is 5.75. The van der Waals surface area contributed by atoms with Crippen molar-refractivity contribution in [1.29, 1.82) is 0 Å². The van der Waals surface area contributed by atoms with Crippen molar-refractivity contribution in [3.05, 3.63) is 33.3 Å². The van der Waals surface area contributed by atoms with Gasteiger partial charge in [-0.3, -0.25) is 14.5 Å². The number of rotatable bonds is 3. The third-order valence-corrected chi connectivity index (χ3v) is 5.75. The van der Waals surface area contributed by atoms with Gasteiger partial charge < -0.3 is 9.80 Å². The molecule has 0 aromatic carbocycles. The number of carbonyl (C=O) groups is 1. The molecule has 1 atom stereocenters. The molecule has 0 unspecified atom stereocenters. The van der Waals surface area contributed by atoms with Crippen molar-refractivity contribution < 1.29 is 4.79 Å². The van der Waals surface area contributed by atoms with Crippen LogP contribution in [-0.4, -0.2) is 66.9 Å². The zero-order valence-corrected chi connectivity index (χ0v) is 16.2. The molecule has 0 spiro atoms. The number of H-pyrrole nitrogens is 1. The number of aromatic amines is 1. The molecule has 9 heteroatoms. The number of nitrogens with one attached hydrogen (secondary N) is 1. The lowest BCUT2D eigenvalue weighted by atomic mass is 9.96. The van der Waals surface area contributed by atoms with Crippen LogP contribution in [0.5, 0.6) is 0 Å². The fourth-order valence-corrected chi connectivity index (χ4v) is 4.25. The van der Waals surface area contributed by atoms with Gasteiger partial charge in [0.2, 0.25) is 0 Å². The maximum Gasteiger partial charge on any atom is 0.345 e. The minimum absolute atomic E-state index is 0.0196. The molecule has 0 aliphatic carbocycles. The van der Waals surface area contributed by atoms with Crippen LogP contribution in [-0.2, 0) is 26.6 Å². The first-order chi connectivity index (χ1) is 13.0. The van der Waals surface area contributed by atoms with E-state index in [4.69, 9.17) is 0 Å². The van der Waals surface area contributed by atoms with Crippen molar-refractivity contribution in [1.82, 2.24) is 34.3 Å². The second kappa shape index (κ2) is 6.95. The summed E-state index contributed by atoms with van der Waals surface area (Å²) >= 11 is 0. The number of carbonyl (C=O) groups excluding carboxylic acids is 1. The molecule has 2 aromatic rings. The van der Waals surface area contributed by atoms with Crippen molar-refractivity contribution in [3.63, 3.8) is 0 Å². The summed E-state index contributed by atoms with van der Waals surface area (Å²) in [4.78, 5) is 29.5. The SMILES string of the molecule is CCn1c([C@H]2CCCN(C(=O)c3n[nH]c4c3CN(C)CC4)C2)nn(C)c1=O. The molecule has 4 heterocycles. The van der Waals surface area contributed by atoms with Crippen molar-refractivity contribution in [2.24, 2.45) is 7.05 Å². The smallest absolute Gasteiger partial charge is 0.337 e. The lowest BCUT2D eigenvalue weighted by Gasteiger charge is -2.32. The van der Waals surface area contributed by atoms with E-state index in [1.54, 1.807) is 11.6 Å². The van der Waals surface area contributed by atoms with Crippen LogP contribution in [0.3, 0.4) is 0 Å². The second-order valence-electron chi connectivity index (χ2n) is 7.62. The fourth-order valence-electron chi connectivity index (χ4n) is 4.25. The molecule has 4 rings (SSSR count). The summed E-state index contributed by atoms with van der Waals surface area (Å²) in [7, 11) is 3.74. The molecular formula is C18H27N7O2. The maximum absolute atomic E-state index is 13.2. The Morgan fingerprint density at radius 3 is 2.89 bits per heavy atom. The standard InChI is InChI=1S/C18H27N7O2/c1-4-25-16(21-23(3)18(25)27)12-6-5-8-24(10-12)17(26)15-13-11-22(2)9-7-14(13)19-20-15/h12H,4-11H2,1-3H3,(H,19,20)/t12-/m0/s1. The average Bonchev–Trinajstić information content (AvgIpc) is 3.22. The number of likely N-dealkylation sites (N-methyl/N-ethyl adjacent to an activating group) is 1. The molecule has 0 bridgehead atoms. The molecule has 1 N–H and O–H groups in total. The van der Waals surface area contributed by atoms with Gasteiger partial charge >= 0.3 is 5.69 Å². The van der Waals surface area contributed by atoms with Gasteiger partial charge in [-0.1, -0.05) is 0 Å². The number of aryl methyl sites for hydroxylation is 1. The highest BCUT2D eigenvalue weighted by atomic mass is 16.2. The Bertz CT molecular complexity index is 909. The number of fused-ring (bicyclic) bond motifs is 1. The summed E-state index contributed by atoms with van der Waals surface area (Å²) in [5, 5.41) is 11.8. The van der Waals surface area contributed by atoms with Gasteiger partial charge in [-0.15, -0.1) is 0 Å². The summed E-state index contributed by atoms with van der Waals surface area (Å²) in [5.74, 6) is 0.842. The van der Waals surface area contributed by atoms with Gasteiger partial charge in [-0.2, -0.15) is 10.2 Å². The number of hydrogen-bond donors (Lipinski definition) is 1. The summed E-state index contributed by atoms with van der Waals surface area (Å²) in [6.07, 6.45) is 2.73. The highest BCUT2D eigenvalue weighted by Crippen LogP contribution is 2.27. The molecule has 2 aliphatic rings. The molecule has 9 nitrogen and oxygen atoms in total. The van der Waals surface area contributed by atoms with Crippen molar-refractivity contribution in [2.75, 3.05) is 26.7 Å². The van der Waals surface area contributed by atoms with Crippen molar-refractivity contribution >= 4 is 5.91 Å². The van der Waals surface area contributed by atoms with Gasteiger partial charge in [0.1, 0.15) is 5.82 Å². The molecule has 0 saturated carbocycles. The second-order valence-corrected chi connectivity index (χ2v) is 7.62. The van der Waals surface area contributed by atoms with Gasteiger partial charge in [0.25, 0.3) is 5.91 Å². The van der Waals surface area contributed by atoms with E-state index in [0.717, 1.165) is 56.0 Å². The summed E-state index contributed by atoms with van der Waals surface area (Å²) in [6, 6.07) is 0. The minimum atomic E-state index is -0.0969. The van der Waals surface area contributed by atoms with Crippen molar-refractivity contribution in [3.8, 4) is 0 Å². The quantitative estimate of drug-likeness (QED) is 0.837. The fraction of sp³-hybridized carbons (Fsp3) is 0.667. The van der Waals surface area contributed by atoms with E-state index in [2.05, 4.69) is 27.2 Å². The molecule has 1 amide bonds. The monoisotopic (exact) mass is 373 g/mol. The van der Waals surface area contributed by atoms with Crippen LogP contribution < -0.4 is 5.69 Å². The summed E-state index contributed by atoms with van der Waals surface area (Å²) < 4.78 is 3.10. The van der Waals surface area contributed by atoms with Gasteiger partial charge in [0.05, 0.1) is 0 Å². The first-order valence-corrected chi connectivity index (χ1v) is 9.67.